The predicted molar refractivity (Wildman–Crippen MR) is 69.1 cm³/mol. The Morgan fingerprint density at radius 2 is 2.11 bits per heavy atom. The van der Waals surface area contributed by atoms with Crippen molar-refractivity contribution in [3.63, 3.8) is 0 Å². The number of H-pyrrole nitrogens is 1. The van der Waals surface area contributed by atoms with Crippen molar-refractivity contribution in [1.29, 1.82) is 0 Å². The number of carboxylic acid groups (broad SMARTS) is 1. The smallest absolute Gasteiger partial charge is 0.304 e. The van der Waals surface area contributed by atoms with E-state index in [2.05, 4.69) is 14.7 Å². The Labute approximate surface area is 112 Å². The summed E-state index contributed by atoms with van der Waals surface area (Å²) >= 11 is 0. The molecule has 0 amide bonds. The van der Waals surface area contributed by atoms with E-state index < -0.39 is 27.4 Å². The van der Waals surface area contributed by atoms with E-state index in [9.17, 15) is 13.2 Å². The first-order valence-corrected chi connectivity index (χ1v) is 7.26. The minimum Gasteiger partial charge on any atom is -0.481 e. The number of aliphatic carboxylic acids is 1. The maximum Gasteiger partial charge on any atom is 0.304 e. The van der Waals surface area contributed by atoms with Crippen molar-refractivity contribution in [3.8, 4) is 0 Å². The summed E-state index contributed by atoms with van der Waals surface area (Å²) in [5, 5.41) is 8.80. The van der Waals surface area contributed by atoms with Gasteiger partial charge in [-0.25, -0.2) is 18.1 Å². The normalized spacial score (nSPS) is 14.3. The first kappa shape index (κ1) is 15.6. The molecule has 19 heavy (non-hydrogen) atoms. The van der Waals surface area contributed by atoms with E-state index in [4.69, 9.17) is 5.11 Å². The fraction of sp³-hybridized carbons (Fsp3) is 0.636. The fourth-order valence-corrected chi connectivity index (χ4v) is 2.90. The van der Waals surface area contributed by atoms with Crippen LogP contribution in [-0.4, -0.2) is 35.5 Å². The van der Waals surface area contributed by atoms with Gasteiger partial charge < -0.3 is 10.1 Å². The van der Waals surface area contributed by atoms with Crippen molar-refractivity contribution in [2.24, 2.45) is 5.41 Å². The highest BCUT2D eigenvalue weighted by Crippen LogP contribution is 2.23. The molecule has 0 aliphatic heterocycles. The molecule has 0 aliphatic carbocycles. The lowest BCUT2D eigenvalue weighted by Gasteiger charge is -2.29. The average Bonchev–Trinajstić information content (AvgIpc) is 2.62. The van der Waals surface area contributed by atoms with Crippen LogP contribution in [0.4, 0.5) is 0 Å². The molecule has 1 heterocycles. The molecule has 0 aromatic carbocycles. The van der Waals surface area contributed by atoms with Gasteiger partial charge in [-0.1, -0.05) is 20.8 Å². The number of carboxylic acids is 1. The van der Waals surface area contributed by atoms with E-state index in [1.807, 2.05) is 0 Å². The Balaban J connectivity index is 2.99. The zero-order valence-corrected chi connectivity index (χ0v) is 12.2. The number of rotatable bonds is 5. The molecule has 1 aromatic rings. The van der Waals surface area contributed by atoms with Gasteiger partial charge in [-0.3, -0.25) is 4.79 Å². The number of nitrogens with one attached hydrogen (secondary N) is 2. The summed E-state index contributed by atoms with van der Waals surface area (Å²) in [7, 11) is -3.80. The third-order valence-corrected chi connectivity index (χ3v) is 4.07. The molecule has 0 spiro atoms. The number of aromatic amines is 1. The molecule has 8 heteroatoms. The van der Waals surface area contributed by atoms with Crippen LogP contribution in [0.2, 0.25) is 0 Å². The standard InChI is InChI=1S/C11H19N3O4S/c1-7-12-6-9(13-7)19(17,18)14-8(5-10(15)16)11(2,3)4/h6,8,14H,5H2,1-4H3,(H,12,13)(H,15,16). The van der Waals surface area contributed by atoms with Gasteiger partial charge in [0.25, 0.3) is 10.0 Å². The first-order valence-electron chi connectivity index (χ1n) is 5.78. The number of hydrogen-bond acceptors (Lipinski definition) is 4. The lowest BCUT2D eigenvalue weighted by atomic mass is 9.85. The molecule has 0 bridgehead atoms. The monoisotopic (exact) mass is 289 g/mol. The molecule has 0 saturated heterocycles. The fourth-order valence-electron chi connectivity index (χ4n) is 1.48. The van der Waals surface area contributed by atoms with Gasteiger partial charge in [-0.15, -0.1) is 0 Å². The van der Waals surface area contributed by atoms with Crippen LogP contribution in [0.25, 0.3) is 0 Å². The minimum absolute atomic E-state index is 0.0651. The molecule has 0 aliphatic rings. The molecule has 0 fully saturated rings. The van der Waals surface area contributed by atoms with Crippen molar-refractivity contribution < 1.29 is 18.3 Å². The molecule has 108 valence electrons. The van der Waals surface area contributed by atoms with Crippen molar-refractivity contribution in [1.82, 2.24) is 14.7 Å². The Bertz CT molecular complexity index is 557. The maximum atomic E-state index is 12.1. The Hall–Kier alpha value is -1.41. The van der Waals surface area contributed by atoms with Crippen LogP contribution < -0.4 is 4.72 Å². The van der Waals surface area contributed by atoms with Crippen LogP contribution >= 0.6 is 0 Å². The van der Waals surface area contributed by atoms with Gasteiger partial charge in [0.05, 0.1) is 12.6 Å². The SMILES string of the molecule is Cc1ncc(S(=O)(=O)NC(CC(=O)O)C(C)(C)C)[nH]1. The molecule has 1 rings (SSSR count). The molecular weight excluding hydrogens is 270 g/mol. The van der Waals surface area contributed by atoms with Crippen molar-refractivity contribution in [2.45, 2.75) is 45.2 Å². The number of nitrogens with zero attached hydrogens (tertiary/aromatic N) is 1. The summed E-state index contributed by atoms with van der Waals surface area (Å²) in [5.74, 6) is -0.575. The summed E-state index contributed by atoms with van der Waals surface area (Å²) < 4.78 is 26.6. The second-order valence-electron chi connectivity index (χ2n) is 5.47. The first-order chi connectivity index (χ1) is 8.52. The number of imidazole rings is 1. The van der Waals surface area contributed by atoms with Crippen LogP contribution in [0.1, 0.15) is 33.0 Å². The molecule has 3 N–H and O–H groups in total. The molecule has 1 aromatic heterocycles. The van der Waals surface area contributed by atoms with Gasteiger partial charge in [0.15, 0.2) is 5.03 Å². The number of hydrogen-bond donors (Lipinski definition) is 3. The van der Waals surface area contributed by atoms with Crippen molar-refractivity contribution in [3.05, 3.63) is 12.0 Å². The van der Waals surface area contributed by atoms with E-state index in [0.29, 0.717) is 5.82 Å². The topological polar surface area (TPSA) is 112 Å². The average molecular weight is 289 g/mol. The Morgan fingerprint density at radius 1 is 1.53 bits per heavy atom. The van der Waals surface area contributed by atoms with E-state index >= 15 is 0 Å². The second kappa shape index (κ2) is 5.30. The highest BCUT2D eigenvalue weighted by molar-refractivity contribution is 7.89. The molecular formula is C11H19N3O4S. The van der Waals surface area contributed by atoms with Gasteiger partial charge in [0, 0.05) is 6.04 Å². The van der Waals surface area contributed by atoms with Crippen LogP contribution in [0.3, 0.4) is 0 Å². The molecule has 1 atom stereocenters. The number of aryl methyl sites for hydroxylation is 1. The minimum atomic E-state index is -3.80. The summed E-state index contributed by atoms with van der Waals surface area (Å²) in [6.45, 7) is 6.97. The lowest BCUT2D eigenvalue weighted by Crippen LogP contribution is -2.45. The third kappa shape index (κ3) is 4.32. The highest BCUT2D eigenvalue weighted by atomic mass is 32.2. The van der Waals surface area contributed by atoms with Crippen LogP contribution in [0.15, 0.2) is 11.2 Å². The predicted octanol–water partition coefficient (Wildman–Crippen LogP) is 0.886. The van der Waals surface area contributed by atoms with Crippen LogP contribution in [0.5, 0.6) is 0 Å². The third-order valence-electron chi connectivity index (χ3n) is 2.69. The Morgan fingerprint density at radius 3 is 2.47 bits per heavy atom. The van der Waals surface area contributed by atoms with E-state index in [1.165, 1.54) is 6.20 Å². The van der Waals surface area contributed by atoms with Crippen molar-refractivity contribution in [2.75, 3.05) is 0 Å². The van der Waals surface area contributed by atoms with E-state index in [0.717, 1.165) is 0 Å². The number of sulfonamides is 1. The van der Waals surface area contributed by atoms with Gasteiger partial charge in [0.2, 0.25) is 0 Å². The largest absolute Gasteiger partial charge is 0.481 e. The summed E-state index contributed by atoms with van der Waals surface area (Å²) in [5.41, 5.74) is -0.513. The summed E-state index contributed by atoms with van der Waals surface area (Å²) in [6, 6.07) is -0.710. The lowest BCUT2D eigenvalue weighted by molar-refractivity contribution is -0.138. The molecule has 7 nitrogen and oxygen atoms in total. The molecule has 0 saturated carbocycles. The zero-order chi connectivity index (χ0) is 14.8. The summed E-state index contributed by atoms with van der Waals surface area (Å²) in [6.07, 6.45) is 0.925. The zero-order valence-electron chi connectivity index (χ0n) is 11.4. The van der Waals surface area contributed by atoms with Crippen LogP contribution in [0, 0.1) is 12.3 Å². The van der Waals surface area contributed by atoms with Gasteiger partial charge in [-0.05, 0) is 12.3 Å². The highest BCUT2D eigenvalue weighted by Gasteiger charge is 2.32. The van der Waals surface area contributed by atoms with Crippen molar-refractivity contribution >= 4 is 16.0 Å². The van der Waals surface area contributed by atoms with Gasteiger partial charge in [0.1, 0.15) is 5.82 Å². The molecule has 1 unspecified atom stereocenters. The van der Waals surface area contributed by atoms with Gasteiger partial charge in [-0.2, -0.15) is 0 Å². The second-order valence-corrected chi connectivity index (χ2v) is 7.15. The van der Waals surface area contributed by atoms with E-state index in [1.54, 1.807) is 27.7 Å². The summed E-state index contributed by atoms with van der Waals surface area (Å²) in [4.78, 5) is 17.3. The van der Waals surface area contributed by atoms with Gasteiger partial charge >= 0.3 is 5.97 Å². The van der Waals surface area contributed by atoms with Crippen LogP contribution in [-0.2, 0) is 14.8 Å². The number of aromatic nitrogens is 2. The quantitative estimate of drug-likeness (QED) is 0.745. The van der Waals surface area contributed by atoms with E-state index in [-0.39, 0.29) is 11.4 Å². The number of carbonyl (C=O) groups is 1. The molecule has 0 radical (unpaired) electrons. The maximum absolute atomic E-state index is 12.1. The Kier molecular flexibility index (Phi) is 4.36.